The van der Waals surface area contributed by atoms with Crippen LogP contribution in [0.1, 0.15) is 85.0 Å². The van der Waals surface area contributed by atoms with Gasteiger partial charge in [0.25, 0.3) is 0 Å². The molecule has 2 saturated carbocycles. The fraction of sp³-hybridized carbons (Fsp3) is 0.786. The summed E-state index contributed by atoms with van der Waals surface area (Å²) in [4.78, 5) is 27.1. The Hall–Kier alpha value is -1.13. The number of carbonyl (C=O) groups excluding carboxylic acids is 2. The average Bonchev–Trinajstić information content (AvgIpc) is 3.39. The first kappa shape index (κ1) is 25.0. The van der Waals surface area contributed by atoms with E-state index in [1.807, 2.05) is 0 Å². The zero-order valence-corrected chi connectivity index (χ0v) is 21.6. The van der Waals surface area contributed by atoms with Crippen molar-refractivity contribution in [2.24, 2.45) is 34.5 Å². The van der Waals surface area contributed by atoms with Gasteiger partial charge in [-0.05, 0) is 118 Å². The third-order valence-electron chi connectivity index (χ3n) is 10.3. The molecule has 5 rings (SSSR count). The number of allylic oxidation sites excluding steroid dienone is 4. The summed E-state index contributed by atoms with van der Waals surface area (Å²) in [5.74, 6) is 3.76. The molecule has 184 valence electrons. The highest BCUT2D eigenvalue weighted by Gasteiger charge is 2.58. The average molecular weight is 476 g/mol. The summed E-state index contributed by atoms with van der Waals surface area (Å²) in [6.07, 6.45) is 15.5. The Morgan fingerprint density at radius 2 is 1.85 bits per heavy atom. The van der Waals surface area contributed by atoms with Crippen molar-refractivity contribution < 1.29 is 14.3 Å². The van der Waals surface area contributed by atoms with Crippen LogP contribution in [-0.4, -0.2) is 36.3 Å². The molecule has 33 heavy (non-hydrogen) atoms. The van der Waals surface area contributed by atoms with Crippen molar-refractivity contribution in [1.29, 1.82) is 0 Å². The van der Waals surface area contributed by atoms with E-state index in [1.54, 1.807) is 6.92 Å². The van der Waals surface area contributed by atoms with Crippen LogP contribution in [0.15, 0.2) is 23.5 Å². The largest absolute Gasteiger partial charge is 0.431 e. The van der Waals surface area contributed by atoms with Crippen molar-refractivity contribution in [2.45, 2.75) is 85.0 Å². The second-order valence-electron chi connectivity index (χ2n) is 11.8. The van der Waals surface area contributed by atoms with Crippen LogP contribution in [0.3, 0.4) is 0 Å². The van der Waals surface area contributed by atoms with Gasteiger partial charge in [0.1, 0.15) is 5.76 Å². The van der Waals surface area contributed by atoms with Crippen LogP contribution in [0.25, 0.3) is 0 Å². The highest BCUT2D eigenvalue weighted by molar-refractivity contribution is 5.95. The second kappa shape index (κ2) is 9.49. The lowest BCUT2D eigenvalue weighted by Crippen LogP contribution is -2.52. The number of nitrogens with zero attached hydrogens (tertiary/aromatic N) is 1. The minimum Gasteiger partial charge on any atom is -0.431 e. The van der Waals surface area contributed by atoms with Crippen LogP contribution in [0, 0.1) is 34.5 Å². The van der Waals surface area contributed by atoms with E-state index in [2.05, 4.69) is 30.9 Å². The first-order valence-corrected chi connectivity index (χ1v) is 13.2. The highest BCUT2D eigenvalue weighted by Crippen LogP contribution is 2.66. The smallest absolute Gasteiger partial charge is 0.312 e. The summed E-state index contributed by atoms with van der Waals surface area (Å²) in [7, 11) is 0. The normalized spacial score (nSPS) is 40.0. The Labute approximate surface area is 206 Å². The predicted octanol–water partition coefficient (Wildman–Crippen LogP) is 6.10. The van der Waals surface area contributed by atoms with Crippen molar-refractivity contribution in [1.82, 2.24) is 4.90 Å². The van der Waals surface area contributed by atoms with E-state index in [0.29, 0.717) is 23.7 Å². The van der Waals surface area contributed by atoms with Gasteiger partial charge in [-0.25, -0.2) is 0 Å². The van der Waals surface area contributed by atoms with E-state index in [-0.39, 0.29) is 29.6 Å². The van der Waals surface area contributed by atoms with Crippen molar-refractivity contribution in [3.63, 3.8) is 0 Å². The molecule has 0 spiro atoms. The van der Waals surface area contributed by atoms with E-state index in [0.717, 1.165) is 68.5 Å². The van der Waals surface area contributed by atoms with Gasteiger partial charge in [-0.2, -0.15) is 0 Å². The number of carbonyl (C=O) groups is 2. The number of likely N-dealkylation sites (tertiary alicyclic amines) is 1. The first-order valence-electron chi connectivity index (χ1n) is 13.2. The summed E-state index contributed by atoms with van der Waals surface area (Å²) in [6, 6.07) is 0. The molecule has 0 aromatic rings. The molecule has 1 aliphatic heterocycles. The molecule has 0 aromatic carbocycles. The van der Waals surface area contributed by atoms with Crippen LogP contribution in [0.5, 0.6) is 0 Å². The molecule has 0 N–H and O–H groups in total. The lowest BCUT2D eigenvalue weighted by molar-refractivity contribution is -0.141. The van der Waals surface area contributed by atoms with Gasteiger partial charge in [0, 0.05) is 13.0 Å². The first-order chi connectivity index (χ1) is 15.3. The molecule has 4 aliphatic carbocycles. The molecule has 1 heterocycles. The summed E-state index contributed by atoms with van der Waals surface area (Å²) >= 11 is 0. The van der Waals surface area contributed by atoms with Crippen molar-refractivity contribution >= 4 is 24.2 Å². The van der Waals surface area contributed by atoms with E-state index in [9.17, 15) is 9.59 Å². The molecule has 0 radical (unpaired) electrons. The van der Waals surface area contributed by atoms with Gasteiger partial charge in [-0.15, -0.1) is 12.4 Å². The zero-order chi connectivity index (χ0) is 22.5. The van der Waals surface area contributed by atoms with E-state index < -0.39 is 0 Å². The minimum atomic E-state index is -0.0531. The van der Waals surface area contributed by atoms with Gasteiger partial charge < -0.3 is 9.64 Å². The Morgan fingerprint density at radius 1 is 1.09 bits per heavy atom. The molecular formula is C28H42ClNO3. The number of hydrogen-bond acceptors (Lipinski definition) is 4. The standard InChI is InChI=1S/C28H41NO3.ClH/c1-19(30)23-8-9-24-22-7-6-20-18-21(32-26(31)12-17-29-15-4-5-16-29)10-13-27(20,2)25(22)11-14-28(23,24)3;/h8,18,20,22,24-25H,4-7,9-17H2,1-3H3;1H/t20?,22?,24?,25?,27-,28+;/m0./s1. The van der Waals surface area contributed by atoms with E-state index >= 15 is 0 Å². The number of Topliss-reactive ketones (excluding diaryl/α,β-unsaturated/α-hetero) is 1. The maximum Gasteiger partial charge on any atom is 0.312 e. The van der Waals surface area contributed by atoms with Crippen molar-refractivity contribution in [2.75, 3.05) is 19.6 Å². The number of rotatable bonds is 5. The molecule has 1 saturated heterocycles. The molecule has 5 aliphatic rings. The predicted molar refractivity (Wildman–Crippen MR) is 133 cm³/mol. The third-order valence-corrected chi connectivity index (χ3v) is 10.3. The molecule has 3 fully saturated rings. The number of ketones is 1. The lowest BCUT2D eigenvalue weighted by Gasteiger charge is -2.59. The molecule has 0 amide bonds. The molecule has 4 unspecified atom stereocenters. The van der Waals surface area contributed by atoms with E-state index in [4.69, 9.17) is 4.74 Å². The summed E-state index contributed by atoms with van der Waals surface area (Å²) in [6.45, 7) is 9.72. The third kappa shape index (κ3) is 4.35. The lowest BCUT2D eigenvalue weighted by atomic mass is 9.45. The second-order valence-corrected chi connectivity index (χ2v) is 11.8. The Balaban J connectivity index is 0.00000259. The van der Waals surface area contributed by atoms with Gasteiger partial charge in [0.2, 0.25) is 0 Å². The van der Waals surface area contributed by atoms with E-state index in [1.165, 1.54) is 32.1 Å². The fourth-order valence-electron chi connectivity index (χ4n) is 8.48. The van der Waals surface area contributed by atoms with Gasteiger partial charge in [0.15, 0.2) is 5.78 Å². The van der Waals surface area contributed by atoms with Crippen LogP contribution >= 0.6 is 12.4 Å². The van der Waals surface area contributed by atoms with Gasteiger partial charge in [-0.3, -0.25) is 9.59 Å². The van der Waals surface area contributed by atoms with Gasteiger partial charge in [0.05, 0.1) is 6.42 Å². The number of ether oxygens (including phenoxy) is 1. The maximum absolute atomic E-state index is 12.5. The van der Waals surface area contributed by atoms with Crippen LogP contribution in [0.2, 0.25) is 0 Å². The zero-order valence-electron chi connectivity index (χ0n) is 20.7. The topological polar surface area (TPSA) is 46.6 Å². The van der Waals surface area contributed by atoms with Gasteiger partial charge in [-0.1, -0.05) is 19.9 Å². The minimum absolute atomic E-state index is 0. The Kier molecular flexibility index (Phi) is 7.18. The molecule has 4 nitrogen and oxygen atoms in total. The number of hydrogen-bond donors (Lipinski definition) is 0. The quantitative estimate of drug-likeness (QED) is 0.451. The molecule has 6 atom stereocenters. The SMILES string of the molecule is CC(=O)C1=CCC2C3CCC4C=C(OC(=O)CCN5CCCC5)CC[C@]4(C)C3CC[C@]12C.Cl. The van der Waals surface area contributed by atoms with Crippen LogP contribution < -0.4 is 0 Å². The fourth-order valence-corrected chi connectivity index (χ4v) is 8.48. The molecular weight excluding hydrogens is 434 g/mol. The highest BCUT2D eigenvalue weighted by atomic mass is 35.5. The van der Waals surface area contributed by atoms with Gasteiger partial charge >= 0.3 is 5.97 Å². The van der Waals surface area contributed by atoms with Crippen LogP contribution in [0.4, 0.5) is 0 Å². The summed E-state index contributed by atoms with van der Waals surface area (Å²) in [5.41, 5.74) is 1.51. The maximum atomic E-state index is 12.5. The van der Waals surface area contributed by atoms with Crippen LogP contribution in [-0.2, 0) is 14.3 Å². The molecule has 0 bridgehead atoms. The monoisotopic (exact) mass is 475 g/mol. The Morgan fingerprint density at radius 3 is 2.58 bits per heavy atom. The summed E-state index contributed by atoms with van der Waals surface area (Å²) < 4.78 is 5.86. The van der Waals surface area contributed by atoms with Crippen molar-refractivity contribution in [3.8, 4) is 0 Å². The molecule has 5 heteroatoms. The van der Waals surface area contributed by atoms with Crippen molar-refractivity contribution in [3.05, 3.63) is 23.5 Å². The molecule has 0 aromatic heterocycles. The Bertz CT molecular complexity index is 844. The summed E-state index contributed by atoms with van der Waals surface area (Å²) in [5, 5.41) is 0. The number of esters is 1. The number of halogens is 1. The number of fused-ring (bicyclic) bond motifs is 5.